The Hall–Kier alpha value is -0.0800. The molecule has 0 aromatic carbocycles. The van der Waals surface area contributed by atoms with Gasteiger partial charge in [0.2, 0.25) is 0 Å². The molecule has 0 spiro atoms. The van der Waals surface area contributed by atoms with Crippen LogP contribution < -0.4 is 5.32 Å². The van der Waals surface area contributed by atoms with Crippen LogP contribution >= 0.6 is 0 Å². The first kappa shape index (κ1) is 13.0. The average Bonchev–Trinajstić information content (AvgIpc) is 2.27. The SMILES string of the molecule is C[C@H](N[C@@H](C)CCCO)C1CCCCC1. The van der Waals surface area contributed by atoms with Crippen molar-refractivity contribution in [3.8, 4) is 0 Å². The summed E-state index contributed by atoms with van der Waals surface area (Å²) >= 11 is 0. The standard InChI is InChI=1S/C13H27NO/c1-11(7-6-10-15)14-12(2)13-8-4-3-5-9-13/h11-15H,3-10H2,1-2H3/t11-,12-/m0/s1. The van der Waals surface area contributed by atoms with E-state index in [4.69, 9.17) is 5.11 Å². The zero-order valence-corrected chi connectivity index (χ0v) is 10.3. The quantitative estimate of drug-likeness (QED) is 0.711. The van der Waals surface area contributed by atoms with Crippen molar-refractivity contribution in [3.63, 3.8) is 0 Å². The van der Waals surface area contributed by atoms with Crippen LogP contribution in [0.4, 0.5) is 0 Å². The molecule has 15 heavy (non-hydrogen) atoms. The van der Waals surface area contributed by atoms with Crippen LogP contribution in [0.3, 0.4) is 0 Å². The highest BCUT2D eigenvalue weighted by Gasteiger charge is 2.20. The van der Waals surface area contributed by atoms with Gasteiger partial charge in [0.1, 0.15) is 0 Å². The number of hydrogen-bond acceptors (Lipinski definition) is 2. The first-order valence-electron chi connectivity index (χ1n) is 6.61. The number of aliphatic hydroxyl groups is 1. The van der Waals surface area contributed by atoms with Gasteiger partial charge in [-0.2, -0.15) is 0 Å². The lowest BCUT2D eigenvalue weighted by Crippen LogP contribution is -2.40. The summed E-state index contributed by atoms with van der Waals surface area (Å²) in [6, 6.07) is 1.20. The molecule has 0 aromatic rings. The van der Waals surface area contributed by atoms with Gasteiger partial charge in [-0.25, -0.2) is 0 Å². The van der Waals surface area contributed by atoms with Crippen LogP contribution in [0.2, 0.25) is 0 Å². The molecule has 1 aliphatic carbocycles. The Morgan fingerprint density at radius 2 is 1.87 bits per heavy atom. The number of aliphatic hydroxyl groups excluding tert-OH is 1. The normalized spacial score (nSPS) is 22.6. The molecule has 0 aromatic heterocycles. The molecule has 0 amide bonds. The second-order valence-corrected chi connectivity index (χ2v) is 5.12. The Morgan fingerprint density at radius 1 is 1.20 bits per heavy atom. The van der Waals surface area contributed by atoms with Gasteiger partial charge in [0.15, 0.2) is 0 Å². The van der Waals surface area contributed by atoms with Crippen molar-refractivity contribution in [2.75, 3.05) is 6.61 Å². The lowest BCUT2D eigenvalue weighted by Gasteiger charge is -2.30. The number of rotatable bonds is 6. The topological polar surface area (TPSA) is 32.3 Å². The average molecular weight is 213 g/mol. The summed E-state index contributed by atoms with van der Waals surface area (Å²) in [5.41, 5.74) is 0. The molecule has 2 heteroatoms. The predicted octanol–water partition coefficient (Wildman–Crippen LogP) is 2.71. The Balaban J connectivity index is 2.17. The molecule has 2 atom stereocenters. The van der Waals surface area contributed by atoms with E-state index in [9.17, 15) is 0 Å². The van der Waals surface area contributed by atoms with Crippen molar-refractivity contribution in [2.24, 2.45) is 5.92 Å². The lowest BCUT2D eigenvalue weighted by molar-refractivity contribution is 0.247. The molecule has 2 N–H and O–H groups in total. The van der Waals surface area contributed by atoms with Crippen molar-refractivity contribution >= 4 is 0 Å². The highest BCUT2D eigenvalue weighted by Crippen LogP contribution is 2.26. The van der Waals surface area contributed by atoms with Crippen LogP contribution in [0.15, 0.2) is 0 Å². The largest absolute Gasteiger partial charge is 0.396 e. The fourth-order valence-corrected chi connectivity index (χ4v) is 2.70. The third-order valence-corrected chi connectivity index (χ3v) is 3.70. The summed E-state index contributed by atoms with van der Waals surface area (Å²) in [7, 11) is 0. The monoisotopic (exact) mass is 213 g/mol. The Kier molecular flexibility index (Phi) is 6.26. The molecule has 90 valence electrons. The maximum Gasteiger partial charge on any atom is 0.0431 e. The first-order valence-corrected chi connectivity index (χ1v) is 6.61. The van der Waals surface area contributed by atoms with E-state index in [0.29, 0.717) is 18.7 Å². The summed E-state index contributed by atoms with van der Waals surface area (Å²) in [6.07, 6.45) is 9.09. The van der Waals surface area contributed by atoms with Crippen molar-refractivity contribution in [2.45, 2.75) is 70.9 Å². The molecular formula is C13H27NO. The molecule has 0 unspecified atom stereocenters. The van der Waals surface area contributed by atoms with Gasteiger partial charge >= 0.3 is 0 Å². The molecule has 1 aliphatic rings. The van der Waals surface area contributed by atoms with Crippen LogP contribution in [0.25, 0.3) is 0 Å². The third kappa shape index (κ3) is 4.98. The smallest absolute Gasteiger partial charge is 0.0431 e. The van der Waals surface area contributed by atoms with Gasteiger partial charge in [-0.05, 0) is 45.4 Å². The van der Waals surface area contributed by atoms with Gasteiger partial charge in [-0.3, -0.25) is 0 Å². The lowest BCUT2D eigenvalue weighted by atomic mass is 9.84. The van der Waals surface area contributed by atoms with Crippen LogP contribution in [0.1, 0.15) is 58.8 Å². The van der Waals surface area contributed by atoms with E-state index in [-0.39, 0.29) is 0 Å². The van der Waals surface area contributed by atoms with Crippen molar-refractivity contribution in [3.05, 3.63) is 0 Å². The fraction of sp³-hybridized carbons (Fsp3) is 1.00. The number of nitrogens with one attached hydrogen (secondary N) is 1. The second kappa shape index (κ2) is 7.24. The van der Waals surface area contributed by atoms with Crippen molar-refractivity contribution in [1.82, 2.24) is 5.32 Å². The third-order valence-electron chi connectivity index (χ3n) is 3.70. The van der Waals surface area contributed by atoms with E-state index in [2.05, 4.69) is 19.2 Å². The Morgan fingerprint density at radius 3 is 2.47 bits per heavy atom. The van der Waals surface area contributed by atoms with Crippen LogP contribution in [0.5, 0.6) is 0 Å². The summed E-state index contributed by atoms with van der Waals surface area (Å²) in [4.78, 5) is 0. The molecule has 1 rings (SSSR count). The van der Waals surface area contributed by atoms with Crippen LogP contribution in [-0.4, -0.2) is 23.8 Å². The van der Waals surface area contributed by atoms with E-state index >= 15 is 0 Å². The minimum Gasteiger partial charge on any atom is -0.396 e. The molecule has 0 heterocycles. The second-order valence-electron chi connectivity index (χ2n) is 5.12. The van der Waals surface area contributed by atoms with Gasteiger partial charge in [0, 0.05) is 18.7 Å². The minimum atomic E-state index is 0.323. The Bertz CT molecular complexity index is 155. The zero-order valence-electron chi connectivity index (χ0n) is 10.3. The first-order chi connectivity index (χ1) is 7.24. The highest BCUT2D eigenvalue weighted by atomic mass is 16.2. The zero-order chi connectivity index (χ0) is 11.1. The Labute approximate surface area is 94.5 Å². The molecular weight excluding hydrogens is 186 g/mol. The molecule has 0 aliphatic heterocycles. The van der Waals surface area contributed by atoms with Gasteiger partial charge < -0.3 is 10.4 Å². The molecule has 2 nitrogen and oxygen atoms in total. The van der Waals surface area contributed by atoms with Gasteiger partial charge in [0.25, 0.3) is 0 Å². The number of hydrogen-bond donors (Lipinski definition) is 2. The van der Waals surface area contributed by atoms with Crippen molar-refractivity contribution in [1.29, 1.82) is 0 Å². The summed E-state index contributed by atoms with van der Waals surface area (Å²) in [5, 5.41) is 12.4. The molecule has 1 saturated carbocycles. The summed E-state index contributed by atoms with van der Waals surface area (Å²) in [6.45, 7) is 4.88. The molecule has 0 saturated heterocycles. The maximum atomic E-state index is 8.77. The van der Waals surface area contributed by atoms with E-state index < -0.39 is 0 Å². The fourth-order valence-electron chi connectivity index (χ4n) is 2.70. The van der Waals surface area contributed by atoms with E-state index in [1.165, 1.54) is 32.1 Å². The molecule has 0 radical (unpaired) electrons. The highest BCUT2D eigenvalue weighted by molar-refractivity contribution is 4.78. The summed E-state index contributed by atoms with van der Waals surface area (Å²) in [5.74, 6) is 0.885. The van der Waals surface area contributed by atoms with Gasteiger partial charge in [-0.1, -0.05) is 19.3 Å². The van der Waals surface area contributed by atoms with E-state index in [1.54, 1.807) is 0 Å². The van der Waals surface area contributed by atoms with Crippen LogP contribution in [0, 0.1) is 5.92 Å². The molecule has 1 fully saturated rings. The minimum absolute atomic E-state index is 0.323. The molecule has 0 bridgehead atoms. The van der Waals surface area contributed by atoms with Gasteiger partial charge in [0.05, 0.1) is 0 Å². The van der Waals surface area contributed by atoms with Gasteiger partial charge in [-0.15, -0.1) is 0 Å². The predicted molar refractivity (Wildman–Crippen MR) is 65.0 cm³/mol. The van der Waals surface area contributed by atoms with E-state index in [1.807, 2.05) is 0 Å². The maximum absolute atomic E-state index is 8.77. The van der Waals surface area contributed by atoms with E-state index in [0.717, 1.165) is 18.8 Å². The summed E-state index contributed by atoms with van der Waals surface area (Å²) < 4.78 is 0. The van der Waals surface area contributed by atoms with Crippen molar-refractivity contribution < 1.29 is 5.11 Å². The van der Waals surface area contributed by atoms with Crippen LogP contribution in [-0.2, 0) is 0 Å².